The number of aliphatic hydroxyl groups excluding tert-OH is 2. The molecule has 0 aromatic heterocycles. The van der Waals surface area contributed by atoms with E-state index in [2.05, 4.69) is 0 Å². The van der Waals surface area contributed by atoms with E-state index < -0.39 is 12.2 Å². The average molecular weight is 220 g/mol. The van der Waals surface area contributed by atoms with Crippen LogP contribution in [0.3, 0.4) is 0 Å². The van der Waals surface area contributed by atoms with Crippen LogP contribution < -0.4 is 5.73 Å². The van der Waals surface area contributed by atoms with Crippen LogP contribution in [0.5, 0.6) is 0 Å². The van der Waals surface area contributed by atoms with E-state index in [0.717, 1.165) is 13.0 Å². The maximum atomic E-state index is 9.53. The van der Waals surface area contributed by atoms with Crippen molar-refractivity contribution in [2.75, 3.05) is 26.7 Å². The lowest BCUT2D eigenvalue weighted by molar-refractivity contribution is -0.138. The van der Waals surface area contributed by atoms with Crippen LogP contribution in [0, 0.1) is 0 Å². The molecule has 0 amide bonds. The lowest BCUT2D eigenvalue weighted by atomic mass is 10.1. The highest BCUT2D eigenvalue weighted by atomic mass is 16.7. The molecule has 0 heterocycles. The fraction of sp³-hybridized carbons (Fsp3) is 1.00. The third-order valence-corrected chi connectivity index (χ3v) is 2.41. The van der Waals surface area contributed by atoms with Gasteiger partial charge in [0.05, 0.1) is 19.3 Å². The van der Waals surface area contributed by atoms with Gasteiger partial charge in [0.1, 0.15) is 0 Å². The van der Waals surface area contributed by atoms with Crippen molar-refractivity contribution in [3.8, 4) is 0 Å². The third-order valence-electron chi connectivity index (χ3n) is 2.41. The molecule has 5 nitrogen and oxygen atoms in total. The molecule has 0 saturated heterocycles. The third kappa shape index (κ3) is 6.81. The first kappa shape index (κ1) is 14.8. The SMILES string of the molecule is CCC(O)C(O)CCN(CCCN)OC. The van der Waals surface area contributed by atoms with Crippen molar-refractivity contribution < 1.29 is 15.1 Å². The van der Waals surface area contributed by atoms with Gasteiger partial charge in [-0.25, -0.2) is 0 Å². The summed E-state index contributed by atoms with van der Waals surface area (Å²) in [6, 6.07) is 0. The Bertz CT molecular complexity index is 147. The van der Waals surface area contributed by atoms with E-state index in [9.17, 15) is 10.2 Å². The normalized spacial score (nSPS) is 15.6. The van der Waals surface area contributed by atoms with Gasteiger partial charge in [-0.3, -0.25) is 0 Å². The molecule has 2 unspecified atom stereocenters. The van der Waals surface area contributed by atoms with Gasteiger partial charge in [0.2, 0.25) is 0 Å². The van der Waals surface area contributed by atoms with E-state index in [1.54, 1.807) is 12.2 Å². The number of hydroxylamine groups is 2. The molecule has 0 aromatic rings. The molecule has 0 aliphatic rings. The van der Waals surface area contributed by atoms with Crippen LogP contribution in [-0.4, -0.2) is 54.2 Å². The number of nitrogens with zero attached hydrogens (tertiary/aromatic N) is 1. The van der Waals surface area contributed by atoms with Crippen molar-refractivity contribution in [3.05, 3.63) is 0 Å². The number of aliphatic hydroxyl groups is 2. The molecule has 2 atom stereocenters. The van der Waals surface area contributed by atoms with Crippen molar-refractivity contribution in [1.29, 1.82) is 0 Å². The summed E-state index contributed by atoms with van der Waals surface area (Å²) in [7, 11) is 1.60. The molecule has 0 saturated carbocycles. The second-order valence-corrected chi connectivity index (χ2v) is 3.59. The molecular weight excluding hydrogens is 196 g/mol. The fourth-order valence-corrected chi connectivity index (χ4v) is 1.30. The van der Waals surface area contributed by atoms with Gasteiger partial charge in [-0.15, -0.1) is 0 Å². The molecule has 4 N–H and O–H groups in total. The van der Waals surface area contributed by atoms with E-state index in [1.165, 1.54) is 0 Å². The first-order valence-corrected chi connectivity index (χ1v) is 5.50. The number of hydrogen-bond donors (Lipinski definition) is 3. The Labute approximate surface area is 91.8 Å². The maximum Gasteiger partial charge on any atom is 0.0812 e. The number of nitrogens with two attached hydrogens (primary N) is 1. The van der Waals surface area contributed by atoms with Crippen molar-refractivity contribution in [3.63, 3.8) is 0 Å². The van der Waals surface area contributed by atoms with E-state index in [1.807, 2.05) is 6.92 Å². The van der Waals surface area contributed by atoms with Gasteiger partial charge in [-0.2, -0.15) is 5.06 Å². The van der Waals surface area contributed by atoms with Crippen LogP contribution in [0.15, 0.2) is 0 Å². The molecule has 0 fully saturated rings. The van der Waals surface area contributed by atoms with Gasteiger partial charge in [-0.05, 0) is 25.8 Å². The predicted octanol–water partition coefficient (Wildman–Crippen LogP) is -0.279. The summed E-state index contributed by atoms with van der Waals surface area (Å²) in [6.45, 7) is 3.83. The number of rotatable bonds is 9. The first-order valence-electron chi connectivity index (χ1n) is 5.50. The molecule has 15 heavy (non-hydrogen) atoms. The highest BCUT2D eigenvalue weighted by molar-refractivity contribution is 4.66. The van der Waals surface area contributed by atoms with Crippen molar-refractivity contribution in [1.82, 2.24) is 5.06 Å². The molecule has 0 radical (unpaired) electrons. The predicted molar refractivity (Wildman–Crippen MR) is 59.2 cm³/mol. The minimum absolute atomic E-state index is 0.507. The lowest BCUT2D eigenvalue weighted by Crippen LogP contribution is -2.32. The van der Waals surface area contributed by atoms with Gasteiger partial charge in [0.15, 0.2) is 0 Å². The fourth-order valence-electron chi connectivity index (χ4n) is 1.30. The maximum absolute atomic E-state index is 9.53. The van der Waals surface area contributed by atoms with Crippen molar-refractivity contribution >= 4 is 0 Å². The second-order valence-electron chi connectivity index (χ2n) is 3.59. The first-order chi connectivity index (χ1) is 7.15. The van der Waals surface area contributed by atoms with Gasteiger partial charge >= 0.3 is 0 Å². The largest absolute Gasteiger partial charge is 0.390 e. The molecule has 0 spiro atoms. The average Bonchev–Trinajstić information content (AvgIpc) is 2.27. The minimum atomic E-state index is -0.675. The summed E-state index contributed by atoms with van der Waals surface area (Å²) < 4.78 is 0. The number of hydrogen-bond acceptors (Lipinski definition) is 5. The van der Waals surface area contributed by atoms with Crippen molar-refractivity contribution in [2.24, 2.45) is 5.73 Å². The molecule has 0 rings (SSSR count). The Kier molecular flexibility index (Phi) is 8.94. The van der Waals surface area contributed by atoms with Crippen molar-refractivity contribution in [2.45, 2.75) is 38.4 Å². The van der Waals surface area contributed by atoms with Crippen LogP contribution >= 0.6 is 0 Å². The lowest BCUT2D eigenvalue weighted by Gasteiger charge is -2.22. The molecule has 92 valence electrons. The highest BCUT2D eigenvalue weighted by Gasteiger charge is 2.15. The van der Waals surface area contributed by atoms with Gasteiger partial charge in [-0.1, -0.05) is 6.92 Å². The standard InChI is InChI=1S/C10H24N2O3/c1-3-9(13)10(14)5-8-12(15-2)7-4-6-11/h9-10,13-14H,3-8,11H2,1-2H3. The van der Waals surface area contributed by atoms with E-state index in [4.69, 9.17) is 10.6 Å². The summed E-state index contributed by atoms with van der Waals surface area (Å²) in [5.74, 6) is 0. The summed E-state index contributed by atoms with van der Waals surface area (Å²) in [5, 5.41) is 20.6. The van der Waals surface area contributed by atoms with E-state index in [-0.39, 0.29) is 0 Å². The Morgan fingerprint density at radius 2 is 1.93 bits per heavy atom. The van der Waals surface area contributed by atoms with E-state index in [0.29, 0.717) is 25.9 Å². The summed E-state index contributed by atoms with van der Waals surface area (Å²) >= 11 is 0. The Balaban J connectivity index is 3.69. The van der Waals surface area contributed by atoms with Gasteiger partial charge in [0.25, 0.3) is 0 Å². The quantitative estimate of drug-likeness (QED) is 0.466. The van der Waals surface area contributed by atoms with Crippen LogP contribution in [0.25, 0.3) is 0 Å². The van der Waals surface area contributed by atoms with Crippen LogP contribution in [0.2, 0.25) is 0 Å². The molecular formula is C10H24N2O3. The van der Waals surface area contributed by atoms with Crippen LogP contribution in [0.4, 0.5) is 0 Å². The summed E-state index contributed by atoms with van der Waals surface area (Å²) in [4.78, 5) is 5.10. The topological polar surface area (TPSA) is 79.0 Å². The minimum Gasteiger partial charge on any atom is -0.390 e. The molecule has 0 aliphatic carbocycles. The summed E-state index contributed by atoms with van der Waals surface area (Å²) in [6.07, 6.45) is 0.619. The monoisotopic (exact) mass is 220 g/mol. The molecule has 0 aliphatic heterocycles. The second kappa shape index (κ2) is 9.06. The Morgan fingerprint density at radius 3 is 2.40 bits per heavy atom. The Morgan fingerprint density at radius 1 is 1.27 bits per heavy atom. The molecule has 0 aromatic carbocycles. The van der Waals surface area contributed by atoms with Crippen LogP contribution in [0.1, 0.15) is 26.2 Å². The van der Waals surface area contributed by atoms with E-state index >= 15 is 0 Å². The highest BCUT2D eigenvalue weighted by Crippen LogP contribution is 2.04. The zero-order valence-electron chi connectivity index (χ0n) is 9.72. The Hall–Kier alpha value is -0.200. The summed E-state index contributed by atoms with van der Waals surface area (Å²) in [5.41, 5.74) is 5.39. The zero-order valence-corrected chi connectivity index (χ0v) is 9.72. The molecule has 5 heteroatoms. The smallest absolute Gasteiger partial charge is 0.0812 e. The molecule has 0 bridgehead atoms. The van der Waals surface area contributed by atoms with Crippen LogP contribution in [-0.2, 0) is 4.84 Å². The van der Waals surface area contributed by atoms with Gasteiger partial charge in [0, 0.05) is 13.1 Å². The zero-order chi connectivity index (χ0) is 11.7. The van der Waals surface area contributed by atoms with Gasteiger partial charge < -0.3 is 20.8 Å².